The molecule has 4 nitrogen and oxygen atoms in total. The Balaban J connectivity index is 4.02. The molecular formula is C7H11NO3. The Morgan fingerprint density at radius 3 is 2.64 bits per heavy atom. The fourth-order valence-corrected chi connectivity index (χ4v) is 0.422. The van der Waals surface area contributed by atoms with Gasteiger partial charge in [0, 0.05) is 7.05 Å². The van der Waals surface area contributed by atoms with E-state index in [0.29, 0.717) is 6.41 Å². The summed E-state index contributed by atoms with van der Waals surface area (Å²) in [6.07, 6.45) is 0.499. The van der Waals surface area contributed by atoms with Gasteiger partial charge in [-0.2, -0.15) is 0 Å². The summed E-state index contributed by atoms with van der Waals surface area (Å²) in [6.45, 7) is 5.33. The van der Waals surface area contributed by atoms with Gasteiger partial charge in [0.25, 0.3) is 0 Å². The monoisotopic (exact) mass is 157 g/mol. The summed E-state index contributed by atoms with van der Waals surface area (Å²) in [4.78, 5) is 22.0. The number of carbonyl (C=O) groups is 2. The predicted molar refractivity (Wildman–Crippen MR) is 39.6 cm³/mol. The highest BCUT2D eigenvalue weighted by molar-refractivity contribution is 5.89. The molecule has 0 unspecified atom stereocenters. The molecule has 0 fully saturated rings. The lowest BCUT2D eigenvalue weighted by Gasteiger charge is -2.11. The number of rotatable bonds is 4. The summed E-state index contributed by atoms with van der Waals surface area (Å²) in [5, 5.41) is 0. The van der Waals surface area contributed by atoms with Gasteiger partial charge in [0.1, 0.15) is 5.70 Å². The van der Waals surface area contributed by atoms with Crippen LogP contribution < -0.4 is 0 Å². The number of nitrogens with zero attached hydrogens (tertiary/aromatic N) is 1. The number of hydrogen-bond donors (Lipinski definition) is 0. The molecule has 0 saturated heterocycles. The smallest absolute Gasteiger partial charge is 0.354 e. The summed E-state index contributed by atoms with van der Waals surface area (Å²) in [5.41, 5.74) is 0.0434. The Morgan fingerprint density at radius 1 is 1.73 bits per heavy atom. The van der Waals surface area contributed by atoms with E-state index < -0.39 is 5.97 Å². The van der Waals surface area contributed by atoms with E-state index in [1.807, 2.05) is 0 Å². The summed E-state index contributed by atoms with van der Waals surface area (Å²) >= 11 is 0. The lowest BCUT2D eigenvalue weighted by atomic mass is 10.4. The Kier molecular flexibility index (Phi) is 3.95. The Hall–Kier alpha value is -1.32. The summed E-state index contributed by atoms with van der Waals surface area (Å²) in [7, 11) is 1.44. The van der Waals surface area contributed by atoms with E-state index >= 15 is 0 Å². The highest BCUT2D eigenvalue weighted by Crippen LogP contribution is 1.97. The molecule has 0 aliphatic rings. The number of ether oxygens (including phenoxy) is 1. The Labute approximate surface area is 65.4 Å². The van der Waals surface area contributed by atoms with E-state index in [1.54, 1.807) is 6.92 Å². The Morgan fingerprint density at radius 2 is 2.27 bits per heavy atom. The molecule has 0 atom stereocenters. The molecule has 0 aromatic carbocycles. The first-order chi connectivity index (χ1) is 5.13. The van der Waals surface area contributed by atoms with Gasteiger partial charge in [0.2, 0.25) is 6.41 Å². The van der Waals surface area contributed by atoms with Gasteiger partial charge in [0.05, 0.1) is 6.61 Å². The van der Waals surface area contributed by atoms with Crippen LogP contribution in [0, 0.1) is 0 Å². The maximum atomic E-state index is 10.8. The van der Waals surface area contributed by atoms with Crippen LogP contribution in [0.2, 0.25) is 0 Å². The number of esters is 1. The SMILES string of the molecule is C=C(C(=O)OCC)N(C)C=O. The van der Waals surface area contributed by atoms with Crippen molar-refractivity contribution in [2.45, 2.75) is 6.92 Å². The largest absolute Gasteiger partial charge is 0.461 e. The molecule has 0 aliphatic carbocycles. The summed E-state index contributed by atoms with van der Waals surface area (Å²) in [5.74, 6) is -0.567. The van der Waals surface area contributed by atoms with Crippen LogP contribution in [-0.2, 0) is 14.3 Å². The van der Waals surface area contributed by atoms with Gasteiger partial charge in [-0.3, -0.25) is 4.79 Å². The molecule has 62 valence electrons. The first-order valence-corrected chi connectivity index (χ1v) is 3.17. The quantitative estimate of drug-likeness (QED) is 0.331. The van der Waals surface area contributed by atoms with Crippen molar-refractivity contribution < 1.29 is 14.3 Å². The normalized spacial score (nSPS) is 8.55. The van der Waals surface area contributed by atoms with Crippen molar-refractivity contribution in [3.63, 3.8) is 0 Å². The zero-order valence-electron chi connectivity index (χ0n) is 6.66. The van der Waals surface area contributed by atoms with E-state index in [-0.39, 0.29) is 12.3 Å². The molecule has 0 aromatic rings. The van der Waals surface area contributed by atoms with Gasteiger partial charge in [-0.05, 0) is 6.92 Å². The maximum absolute atomic E-state index is 10.8. The minimum atomic E-state index is -0.567. The van der Waals surface area contributed by atoms with Gasteiger partial charge < -0.3 is 9.64 Å². The second kappa shape index (κ2) is 4.49. The van der Waals surface area contributed by atoms with Crippen LogP contribution in [0.5, 0.6) is 0 Å². The van der Waals surface area contributed by atoms with Crippen molar-refractivity contribution >= 4 is 12.4 Å². The van der Waals surface area contributed by atoms with Gasteiger partial charge in [-0.25, -0.2) is 4.79 Å². The molecule has 4 heteroatoms. The van der Waals surface area contributed by atoms with Crippen LogP contribution in [0.4, 0.5) is 0 Å². The molecule has 0 aliphatic heterocycles. The lowest BCUT2D eigenvalue weighted by Crippen LogP contribution is -2.22. The van der Waals surface area contributed by atoms with Crippen molar-refractivity contribution in [1.29, 1.82) is 0 Å². The third-order valence-corrected chi connectivity index (χ3v) is 1.09. The third-order valence-electron chi connectivity index (χ3n) is 1.09. The summed E-state index contributed by atoms with van der Waals surface area (Å²) in [6, 6.07) is 0. The van der Waals surface area contributed by atoms with Gasteiger partial charge in [-0.1, -0.05) is 6.58 Å². The van der Waals surface area contributed by atoms with Crippen LogP contribution in [0.1, 0.15) is 6.92 Å². The predicted octanol–water partition coefficient (Wildman–Crippen LogP) is 0.151. The molecule has 0 rings (SSSR count). The fraction of sp³-hybridized carbons (Fsp3) is 0.429. The van der Waals surface area contributed by atoms with Crippen LogP contribution in [0.3, 0.4) is 0 Å². The molecule has 11 heavy (non-hydrogen) atoms. The fourth-order valence-electron chi connectivity index (χ4n) is 0.422. The van der Waals surface area contributed by atoms with Crippen LogP contribution in [0.25, 0.3) is 0 Å². The highest BCUT2D eigenvalue weighted by atomic mass is 16.5. The van der Waals surface area contributed by atoms with Gasteiger partial charge >= 0.3 is 5.97 Å². The first-order valence-electron chi connectivity index (χ1n) is 3.17. The molecule has 0 spiro atoms. The third kappa shape index (κ3) is 2.84. The minimum absolute atomic E-state index is 0.0434. The topological polar surface area (TPSA) is 46.6 Å². The second-order valence-electron chi connectivity index (χ2n) is 1.88. The van der Waals surface area contributed by atoms with E-state index in [0.717, 1.165) is 4.90 Å². The molecule has 0 heterocycles. The van der Waals surface area contributed by atoms with E-state index in [9.17, 15) is 9.59 Å². The highest BCUT2D eigenvalue weighted by Gasteiger charge is 2.10. The summed E-state index contributed by atoms with van der Waals surface area (Å²) < 4.78 is 4.59. The zero-order chi connectivity index (χ0) is 8.85. The number of hydrogen-bond acceptors (Lipinski definition) is 3. The first kappa shape index (κ1) is 9.68. The zero-order valence-corrected chi connectivity index (χ0v) is 6.66. The van der Waals surface area contributed by atoms with Crippen LogP contribution >= 0.6 is 0 Å². The van der Waals surface area contributed by atoms with Crippen LogP contribution in [-0.4, -0.2) is 30.9 Å². The molecule has 0 N–H and O–H groups in total. The molecule has 0 bridgehead atoms. The van der Waals surface area contributed by atoms with Gasteiger partial charge in [0.15, 0.2) is 0 Å². The van der Waals surface area contributed by atoms with E-state index in [4.69, 9.17) is 0 Å². The van der Waals surface area contributed by atoms with E-state index in [1.165, 1.54) is 7.05 Å². The van der Waals surface area contributed by atoms with Crippen molar-refractivity contribution in [3.8, 4) is 0 Å². The molecule has 0 saturated carbocycles. The number of amides is 1. The Bertz CT molecular complexity index is 177. The maximum Gasteiger partial charge on any atom is 0.354 e. The van der Waals surface area contributed by atoms with Crippen molar-refractivity contribution in [1.82, 2.24) is 4.90 Å². The minimum Gasteiger partial charge on any atom is -0.461 e. The molecular weight excluding hydrogens is 146 g/mol. The molecule has 0 radical (unpaired) electrons. The van der Waals surface area contributed by atoms with E-state index in [2.05, 4.69) is 11.3 Å². The van der Waals surface area contributed by atoms with Crippen molar-refractivity contribution in [2.75, 3.05) is 13.7 Å². The van der Waals surface area contributed by atoms with Crippen molar-refractivity contribution in [2.24, 2.45) is 0 Å². The average Bonchev–Trinajstić information content (AvgIpc) is 2.02. The van der Waals surface area contributed by atoms with Gasteiger partial charge in [-0.15, -0.1) is 0 Å². The number of carbonyl (C=O) groups excluding carboxylic acids is 2. The lowest BCUT2D eigenvalue weighted by molar-refractivity contribution is -0.141. The standard InChI is InChI=1S/C7H11NO3/c1-4-11-7(10)6(2)8(3)5-9/h5H,2,4H2,1,3H3. The van der Waals surface area contributed by atoms with Crippen molar-refractivity contribution in [3.05, 3.63) is 12.3 Å². The average molecular weight is 157 g/mol. The number of likely N-dealkylation sites (N-methyl/N-ethyl adjacent to an activating group) is 1. The van der Waals surface area contributed by atoms with Crippen LogP contribution in [0.15, 0.2) is 12.3 Å². The molecule has 1 amide bonds. The molecule has 0 aromatic heterocycles. The second-order valence-corrected chi connectivity index (χ2v) is 1.88.